The Hall–Kier alpha value is -2.90. The molecule has 1 aliphatic heterocycles. The van der Waals surface area contributed by atoms with E-state index in [2.05, 4.69) is 24.5 Å². The first kappa shape index (κ1) is 24.4. The van der Waals surface area contributed by atoms with Crippen LogP contribution in [-0.2, 0) is 24.7 Å². The lowest BCUT2D eigenvalue weighted by molar-refractivity contribution is -0.151. The normalized spacial score (nSPS) is 19.2. The van der Waals surface area contributed by atoms with Crippen LogP contribution in [-0.4, -0.2) is 48.4 Å². The van der Waals surface area contributed by atoms with Gasteiger partial charge in [-0.25, -0.2) is 4.79 Å². The van der Waals surface area contributed by atoms with Crippen LogP contribution in [0.4, 0.5) is 4.79 Å². The number of rotatable bonds is 11. The molecule has 1 saturated heterocycles. The molecular weight excluding hydrogens is 398 g/mol. The SMILES string of the molecule is CCCC[C@H](CC)CNC(=O)COC(=O)CN1C(=O)N[C@@](C)(c2ccc(C)cc2)C1=O. The number of ether oxygens (including phenoxy) is 1. The third-order valence-corrected chi connectivity index (χ3v) is 5.69. The van der Waals surface area contributed by atoms with Crippen molar-refractivity contribution in [1.82, 2.24) is 15.5 Å². The summed E-state index contributed by atoms with van der Waals surface area (Å²) in [5.74, 6) is -1.36. The molecule has 0 spiro atoms. The number of hydrogen-bond donors (Lipinski definition) is 2. The van der Waals surface area contributed by atoms with Gasteiger partial charge in [-0.05, 0) is 31.7 Å². The van der Waals surface area contributed by atoms with Crippen LogP contribution < -0.4 is 10.6 Å². The number of imide groups is 1. The lowest BCUT2D eigenvalue weighted by atomic mass is 9.91. The molecule has 0 aromatic heterocycles. The maximum Gasteiger partial charge on any atom is 0.326 e. The van der Waals surface area contributed by atoms with Gasteiger partial charge in [-0.15, -0.1) is 0 Å². The molecule has 31 heavy (non-hydrogen) atoms. The van der Waals surface area contributed by atoms with Gasteiger partial charge in [0.15, 0.2) is 6.61 Å². The number of carbonyl (C=O) groups excluding carboxylic acids is 4. The summed E-state index contributed by atoms with van der Waals surface area (Å²) < 4.78 is 4.97. The van der Waals surface area contributed by atoms with Crippen molar-refractivity contribution in [3.8, 4) is 0 Å². The van der Waals surface area contributed by atoms with Crippen molar-refractivity contribution in [2.75, 3.05) is 19.7 Å². The van der Waals surface area contributed by atoms with Crippen molar-refractivity contribution in [3.63, 3.8) is 0 Å². The second-order valence-electron chi connectivity index (χ2n) is 8.19. The minimum Gasteiger partial charge on any atom is -0.454 e. The number of carbonyl (C=O) groups is 4. The molecule has 0 unspecified atom stereocenters. The molecule has 8 heteroatoms. The van der Waals surface area contributed by atoms with E-state index in [1.54, 1.807) is 19.1 Å². The van der Waals surface area contributed by atoms with Crippen molar-refractivity contribution < 1.29 is 23.9 Å². The molecule has 1 heterocycles. The number of esters is 1. The molecule has 1 aliphatic rings. The lowest BCUT2D eigenvalue weighted by Crippen LogP contribution is -2.42. The number of urea groups is 1. The van der Waals surface area contributed by atoms with Gasteiger partial charge in [0.25, 0.3) is 11.8 Å². The van der Waals surface area contributed by atoms with E-state index in [0.29, 0.717) is 18.0 Å². The topological polar surface area (TPSA) is 105 Å². The van der Waals surface area contributed by atoms with Crippen molar-refractivity contribution in [1.29, 1.82) is 0 Å². The summed E-state index contributed by atoms with van der Waals surface area (Å²) in [5.41, 5.74) is 0.398. The van der Waals surface area contributed by atoms with Crippen LogP contribution in [0, 0.1) is 12.8 Å². The van der Waals surface area contributed by atoms with Crippen LogP contribution in [0.2, 0.25) is 0 Å². The monoisotopic (exact) mass is 431 g/mol. The second kappa shape index (κ2) is 10.9. The summed E-state index contributed by atoms with van der Waals surface area (Å²) in [6, 6.07) is 6.56. The predicted octanol–water partition coefficient (Wildman–Crippen LogP) is 2.64. The zero-order chi connectivity index (χ0) is 23.0. The molecule has 1 aromatic rings. The Labute approximate surface area is 183 Å². The van der Waals surface area contributed by atoms with Crippen LogP contribution in [0.1, 0.15) is 57.6 Å². The van der Waals surface area contributed by atoms with E-state index in [1.807, 2.05) is 19.1 Å². The van der Waals surface area contributed by atoms with E-state index < -0.39 is 42.5 Å². The lowest BCUT2D eigenvalue weighted by Gasteiger charge is -2.22. The summed E-state index contributed by atoms with van der Waals surface area (Å²) in [6.45, 7) is 7.27. The average Bonchev–Trinajstić information content (AvgIpc) is 2.96. The summed E-state index contributed by atoms with van der Waals surface area (Å²) in [7, 11) is 0. The van der Waals surface area contributed by atoms with Gasteiger partial charge < -0.3 is 15.4 Å². The number of amides is 4. The maximum absolute atomic E-state index is 12.8. The zero-order valence-corrected chi connectivity index (χ0v) is 18.8. The third kappa shape index (κ3) is 6.29. The molecule has 0 radical (unpaired) electrons. The van der Waals surface area contributed by atoms with Gasteiger partial charge >= 0.3 is 12.0 Å². The second-order valence-corrected chi connectivity index (χ2v) is 8.19. The molecule has 1 aromatic carbocycles. The first-order chi connectivity index (χ1) is 14.7. The Morgan fingerprint density at radius 1 is 1.19 bits per heavy atom. The highest BCUT2D eigenvalue weighted by Gasteiger charge is 2.49. The highest BCUT2D eigenvalue weighted by molar-refractivity contribution is 6.08. The largest absolute Gasteiger partial charge is 0.454 e. The molecule has 0 aliphatic carbocycles. The van der Waals surface area contributed by atoms with E-state index in [1.165, 1.54) is 0 Å². The van der Waals surface area contributed by atoms with Gasteiger partial charge in [0, 0.05) is 6.54 Å². The molecular formula is C23H33N3O5. The van der Waals surface area contributed by atoms with Gasteiger partial charge in [-0.1, -0.05) is 62.9 Å². The van der Waals surface area contributed by atoms with E-state index in [-0.39, 0.29) is 0 Å². The highest BCUT2D eigenvalue weighted by atomic mass is 16.5. The summed E-state index contributed by atoms with van der Waals surface area (Å²) in [4.78, 5) is 50.1. The Balaban J connectivity index is 1.85. The summed E-state index contributed by atoms with van der Waals surface area (Å²) >= 11 is 0. The molecule has 2 N–H and O–H groups in total. The fourth-order valence-electron chi connectivity index (χ4n) is 3.50. The van der Waals surface area contributed by atoms with E-state index in [0.717, 1.165) is 36.1 Å². The number of hydrogen-bond acceptors (Lipinski definition) is 5. The Morgan fingerprint density at radius 2 is 1.87 bits per heavy atom. The summed E-state index contributed by atoms with van der Waals surface area (Å²) in [5, 5.41) is 5.41. The fourth-order valence-corrected chi connectivity index (χ4v) is 3.50. The van der Waals surface area contributed by atoms with Crippen LogP contribution in [0.15, 0.2) is 24.3 Å². The fraction of sp³-hybridized carbons (Fsp3) is 0.565. The van der Waals surface area contributed by atoms with Gasteiger partial charge in [0.1, 0.15) is 12.1 Å². The molecule has 1 fully saturated rings. The molecule has 0 bridgehead atoms. The van der Waals surface area contributed by atoms with Crippen LogP contribution in [0.3, 0.4) is 0 Å². The van der Waals surface area contributed by atoms with Crippen LogP contribution in [0.25, 0.3) is 0 Å². The molecule has 2 rings (SSSR count). The molecule has 2 atom stereocenters. The average molecular weight is 432 g/mol. The van der Waals surface area contributed by atoms with Gasteiger partial charge in [-0.2, -0.15) is 0 Å². The minimum atomic E-state index is -1.25. The zero-order valence-electron chi connectivity index (χ0n) is 18.8. The number of unbranched alkanes of at least 4 members (excludes halogenated alkanes) is 1. The molecule has 4 amide bonds. The van der Waals surface area contributed by atoms with Crippen LogP contribution >= 0.6 is 0 Å². The number of aryl methyl sites for hydroxylation is 1. The maximum atomic E-state index is 12.8. The van der Waals surface area contributed by atoms with Crippen molar-refractivity contribution in [2.45, 2.75) is 58.9 Å². The van der Waals surface area contributed by atoms with E-state index in [4.69, 9.17) is 4.74 Å². The molecule has 170 valence electrons. The van der Waals surface area contributed by atoms with Crippen LogP contribution in [0.5, 0.6) is 0 Å². The Morgan fingerprint density at radius 3 is 2.48 bits per heavy atom. The highest BCUT2D eigenvalue weighted by Crippen LogP contribution is 2.28. The third-order valence-electron chi connectivity index (χ3n) is 5.69. The van der Waals surface area contributed by atoms with E-state index in [9.17, 15) is 19.2 Å². The number of nitrogens with zero attached hydrogens (tertiary/aromatic N) is 1. The standard InChI is InChI=1S/C23H33N3O5/c1-5-7-8-17(6-2)13-24-19(27)15-31-20(28)14-26-21(29)23(4,25-22(26)30)18-11-9-16(3)10-12-18/h9-12,17H,5-8,13-15H2,1-4H3,(H,24,27)(H,25,30)/t17-,23-/m0/s1. The summed E-state index contributed by atoms with van der Waals surface area (Å²) in [6.07, 6.45) is 4.22. The van der Waals surface area contributed by atoms with Crippen molar-refractivity contribution >= 4 is 23.8 Å². The minimum absolute atomic E-state index is 0.393. The Kier molecular flexibility index (Phi) is 8.59. The van der Waals surface area contributed by atoms with E-state index >= 15 is 0 Å². The first-order valence-corrected chi connectivity index (χ1v) is 10.8. The van der Waals surface area contributed by atoms with Gasteiger partial charge in [0.2, 0.25) is 0 Å². The van der Waals surface area contributed by atoms with Gasteiger partial charge in [0.05, 0.1) is 0 Å². The quantitative estimate of drug-likeness (QED) is 0.414. The smallest absolute Gasteiger partial charge is 0.326 e. The van der Waals surface area contributed by atoms with Crippen molar-refractivity contribution in [2.24, 2.45) is 5.92 Å². The molecule has 8 nitrogen and oxygen atoms in total. The first-order valence-electron chi connectivity index (χ1n) is 10.8. The molecule has 0 saturated carbocycles. The number of nitrogens with one attached hydrogen (secondary N) is 2. The Bertz CT molecular complexity index is 808. The number of benzene rings is 1. The van der Waals surface area contributed by atoms with Gasteiger partial charge in [-0.3, -0.25) is 19.3 Å². The van der Waals surface area contributed by atoms with Crippen molar-refractivity contribution in [3.05, 3.63) is 35.4 Å². The predicted molar refractivity (Wildman–Crippen MR) is 116 cm³/mol.